The summed E-state index contributed by atoms with van der Waals surface area (Å²) in [6.45, 7) is 0. The Kier molecular flexibility index (Phi) is 4.47. The quantitative estimate of drug-likeness (QED) is 0.661. The molecule has 2 aromatic heterocycles. The van der Waals surface area contributed by atoms with Gasteiger partial charge in [-0.15, -0.1) is 0 Å². The topological polar surface area (TPSA) is 56.2 Å². The van der Waals surface area contributed by atoms with E-state index in [4.69, 9.17) is 16.3 Å². The Morgan fingerprint density at radius 2 is 2.00 bits per heavy atom. The van der Waals surface area contributed by atoms with Crippen LogP contribution in [0.5, 0.6) is 5.75 Å². The molecule has 0 unspecified atom stereocenters. The molecule has 0 aliphatic rings. The lowest BCUT2D eigenvalue weighted by molar-refractivity contribution is 0.414. The molecule has 24 heavy (non-hydrogen) atoms. The Labute approximate surface area is 150 Å². The number of hydrogen-bond donors (Lipinski definition) is 1. The van der Waals surface area contributed by atoms with E-state index >= 15 is 0 Å². The summed E-state index contributed by atoms with van der Waals surface area (Å²) in [7, 11) is 3.20. The van der Waals surface area contributed by atoms with Crippen molar-refractivity contribution in [3.8, 4) is 11.4 Å². The van der Waals surface area contributed by atoms with Crippen LogP contribution in [0.1, 0.15) is 0 Å². The van der Waals surface area contributed by atoms with Gasteiger partial charge in [-0.1, -0.05) is 11.6 Å². The minimum atomic E-state index is -0.660. The van der Waals surface area contributed by atoms with Crippen LogP contribution in [0.25, 0.3) is 16.7 Å². The number of nitrogens with zero attached hydrogens (tertiary/aromatic N) is 2. The number of halogens is 3. The second-order valence-corrected chi connectivity index (χ2v) is 6.06. The van der Waals surface area contributed by atoms with E-state index in [1.165, 1.54) is 10.6 Å². The van der Waals surface area contributed by atoms with Crippen molar-refractivity contribution in [2.24, 2.45) is 0 Å². The monoisotopic (exact) mass is 411 g/mol. The zero-order valence-corrected chi connectivity index (χ0v) is 15.1. The zero-order valence-electron chi connectivity index (χ0n) is 12.7. The maximum absolute atomic E-state index is 13.9. The number of benzene rings is 1. The van der Waals surface area contributed by atoms with E-state index in [1.807, 2.05) is 0 Å². The first-order valence-electron chi connectivity index (χ1n) is 6.90. The van der Waals surface area contributed by atoms with Crippen LogP contribution in [0, 0.1) is 5.82 Å². The molecule has 3 aromatic rings. The van der Waals surface area contributed by atoms with E-state index < -0.39 is 5.82 Å². The first kappa shape index (κ1) is 16.7. The molecule has 124 valence electrons. The van der Waals surface area contributed by atoms with Gasteiger partial charge in [-0.05, 0) is 46.3 Å². The van der Waals surface area contributed by atoms with Gasteiger partial charge in [0.1, 0.15) is 10.2 Å². The second kappa shape index (κ2) is 6.41. The number of aromatic nitrogens is 2. The smallest absolute Gasteiger partial charge is 0.273 e. The van der Waals surface area contributed by atoms with Gasteiger partial charge in [0.25, 0.3) is 5.56 Å². The number of fused-ring (bicyclic) bond motifs is 1. The Hall–Kier alpha value is -2.12. The summed E-state index contributed by atoms with van der Waals surface area (Å²) < 4.78 is 20.7. The van der Waals surface area contributed by atoms with Crippen molar-refractivity contribution in [3.63, 3.8) is 0 Å². The predicted octanol–water partition coefficient (Wildman–Crippen LogP) is 3.99. The van der Waals surface area contributed by atoms with Gasteiger partial charge in [-0.2, -0.15) is 0 Å². The van der Waals surface area contributed by atoms with Gasteiger partial charge in [0, 0.05) is 12.4 Å². The minimum absolute atomic E-state index is 0.254. The third kappa shape index (κ3) is 2.63. The highest BCUT2D eigenvalue weighted by atomic mass is 79.9. The molecule has 0 radical (unpaired) electrons. The van der Waals surface area contributed by atoms with Crippen molar-refractivity contribution in [1.29, 1.82) is 0 Å². The summed E-state index contributed by atoms with van der Waals surface area (Å²) in [6.07, 6.45) is 0. The second-order valence-electron chi connectivity index (χ2n) is 4.91. The molecule has 0 saturated carbocycles. The van der Waals surface area contributed by atoms with Gasteiger partial charge in [0.05, 0.1) is 18.5 Å². The van der Waals surface area contributed by atoms with Crippen molar-refractivity contribution in [2.75, 3.05) is 19.5 Å². The van der Waals surface area contributed by atoms with Crippen LogP contribution >= 0.6 is 27.5 Å². The number of methoxy groups -OCH3 is 1. The van der Waals surface area contributed by atoms with Gasteiger partial charge in [0.15, 0.2) is 16.6 Å². The maximum Gasteiger partial charge on any atom is 0.273 e. The lowest BCUT2D eigenvalue weighted by atomic mass is 10.2. The Morgan fingerprint density at radius 1 is 1.33 bits per heavy atom. The average molecular weight is 413 g/mol. The first-order chi connectivity index (χ1) is 11.5. The standard InChI is InChI=1S/C16H12BrClFN3O2/c1-20-13-10-7-11(19)14(18)21-15(10)22(16(23)12(13)17)8-3-5-9(24-2)6-4-8/h3-7,20H,1-2H3. The van der Waals surface area contributed by atoms with Gasteiger partial charge < -0.3 is 10.1 Å². The molecule has 0 aliphatic carbocycles. The molecule has 0 atom stereocenters. The normalized spacial score (nSPS) is 10.9. The molecule has 0 amide bonds. The molecule has 5 nitrogen and oxygen atoms in total. The lowest BCUT2D eigenvalue weighted by Gasteiger charge is -2.15. The van der Waals surface area contributed by atoms with Gasteiger partial charge in [-0.3, -0.25) is 9.36 Å². The number of ether oxygens (including phenoxy) is 1. The molecule has 0 fully saturated rings. The molecule has 1 aromatic carbocycles. The van der Waals surface area contributed by atoms with E-state index in [2.05, 4.69) is 26.2 Å². The molecule has 0 aliphatic heterocycles. The fourth-order valence-corrected chi connectivity index (χ4v) is 3.17. The van der Waals surface area contributed by atoms with Crippen molar-refractivity contribution >= 4 is 44.3 Å². The van der Waals surface area contributed by atoms with Gasteiger partial charge in [-0.25, -0.2) is 9.37 Å². The summed E-state index contributed by atoms with van der Waals surface area (Å²) in [5, 5.41) is 3.03. The van der Waals surface area contributed by atoms with Crippen molar-refractivity contribution in [2.45, 2.75) is 0 Å². The minimum Gasteiger partial charge on any atom is -0.497 e. The fourth-order valence-electron chi connectivity index (χ4n) is 2.45. The average Bonchev–Trinajstić information content (AvgIpc) is 2.59. The lowest BCUT2D eigenvalue weighted by Crippen LogP contribution is -2.22. The van der Waals surface area contributed by atoms with Crippen LogP contribution in [0.2, 0.25) is 5.15 Å². The maximum atomic E-state index is 13.9. The van der Waals surface area contributed by atoms with Crippen molar-refractivity contribution in [3.05, 3.63) is 56.1 Å². The van der Waals surface area contributed by atoms with E-state index in [9.17, 15) is 9.18 Å². The highest BCUT2D eigenvalue weighted by molar-refractivity contribution is 9.10. The summed E-state index contributed by atoms with van der Waals surface area (Å²) >= 11 is 9.11. The molecular weight excluding hydrogens is 401 g/mol. The predicted molar refractivity (Wildman–Crippen MR) is 96.1 cm³/mol. The summed E-state index contributed by atoms with van der Waals surface area (Å²) in [5.41, 5.74) is 0.920. The first-order valence-corrected chi connectivity index (χ1v) is 8.07. The Bertz CT molecular complexity index is 990. The zero-order chi connectivity index (χ0) is 17.4. The van der Waals surface area contributed by atoms with Crippen LogP contribution in [-0.2, 0) is 0 Å². The molecule has 1 N–H and O–H groups in total. The largest absolute Gasteiger partial charge is 0.497 e. The highest BCUT2D eigenvalue weighted by Crippen LogP contribution is 2.31. The number of anilines is 1. The molecule has 8 heteroatoms. The van der Waals surface area contributed by atoms with Crippen LogP contribution < -0.4 is 15.6 Å². The van der Waals surface area contributed by atoms with Gasteiger partial charge in [0.2, 0.25) is 0 Å². The highest BCUT2D eigenvalue weighted by Gasteiger charge is 2.18. The third-order valence-corrected chi connectivity index (χ3v) is 4.59. The van der Waals surface area contributed by atoms with E-state index in [0.717, 1.165) is 0 Å². The summed E-state index contributed by atoms with van der Waals surface area (Å²) in [5.74, 6) is -0.00783. The number of rotatable bonds is 3. The molecule has 3 rings (SSSR count). The molecule has 0 saturated heterocycles. The van der Waals surface area contributed by atoms with E-state index in [-0.39, 0.29) is 20.8 Å². The van der Waals surface area contributed by atoms with Crippen molar-refractivity contribution in [1.82, 2.24) is 9.55 Å². The number of hydrogen-bond acceptors (Lipinski definition) is 4. The van der Waals surface area contributed by atoms with E-state index in [0.29, 0.717) is 22.5 Å². The summed E-state index contributed by atoms with van der Waals surface area (Å²) in [6, 6.07) is 8.12. The van der Waals surface area contributed by atoms with Crippen LogP contribution in [-0.4, -0.2) is 23.7 Å². The number of nitrogens with one attached hydrogen (secondary N) is 1. The molecule has 0 bridgehead atoms. The fraction of sp³-hybridized carbons (Fsp3) is 0.125. The Morgan fingerprint density at radius 3 is 2.58 bits per heavy atom. The molecular formula is C16H12BrClFN3O2. The third-order valence-electron chi connectivity index (χ3n) is 3.59. The van der Waals surface area contributed by atoms with Crippen LogP contribution in [0.4, 0.5) is 10.1 Å². The van der Waals surface area contributed by atoms with Crippen molar-refractivity contribution < 1.29 is 9.13 Å². The Balaban J connectivity index is 2.44. The summed E-state index contributed by atoms with van der Waals surface area (Å²) in [4.78, 5) is 16.8. The van der Waals surface area contributed by atoms with E-state index in [1.54, 1.807) is 38.4 Å². The SMILES string of the molecule is CNc1c(Br)c(=O)n(-c2ccc(OC)cc2)c2nc(Cl)c(F)cc12. The van der Waals surface area contributed by atoms with Crippen LogP contribution in [0.15, 0.2) is 39.6 Å². The van der Waals surface area contributed by atoms with Crippen LogP contribution in [0.3, 0.4) is 0 Å². The molecule has 2 heterocycles. The number of pyridine rings is 2. The van der Waals surface area contributed by atoms with Gasteiger partial charge >= 0.3 is 0 Å². The molecule has 0 spiro atoms.